The van der Waals surface area contributed by atoms with Crippen molar-refractivity contribution in [3.63, 3.8) is 0 Å². The van der Waals surface area contributed by atoms with E-state index in [4.69, 9.17) is 4.74 Å². The lowest BCUT2D eigenvalue weighted by atomic mass is 10.2. The van der Waals surface area contributed by atoms with Crippen LogP contribution in [0.5, 0.6) is 0 Å². The highest BCUT2D eigenvalue weighted by molar-refractivity contribution is 7.99. The van der Waals surface area contributed by atoms with E-state index in [-0.39, 0.29) is 0 Å². The lowest BCUT2D eigenvalue weighted by molar-refractivity contribution is 0.100. The van der Waals surface area contributed by atoms with Crippen LogP contribution in [0.15, 0.2) is 17.5 Å². The van der Waals surface area contributed by atoms with Crippen LogP contribution in [0.1, 0.15) is 17.7 Å². The van der Waals surface area contributed by atoms with Gasteiger partial charge in [-0.2, -0.15) is 11.8 Å². The smallest absolute Gasteiger partial charge is 0.0476 e. The molecule has 1 aromatic heterocycles. The zero-order valence-electron chi connectivity index (χ0n) is 10.2. The maximum absolute atomic E-state index is 5.36. The molecule has 2 nitrogen and oxygen atoms in total. The maximum Gasteiger partial charge on any atom is 0.0476 e. The van der Waals surface area contributed by atoms with Gasteiger partial charge >= 0.3 is 0 Å². The van der Waals surface area contributed by atoms with E-state index in [0.29, 0.717) is 0 Å². The Morgan fingerprint density at radius 2 is 2.24 bits per heavy atom. The van der Waals surface area contributed by atoms with Crippen LogP contribution in [0.3, 0.4) is 0 Å². The predicted molar refractivity (Wildman–Crippen MR) is 77.2 cm³/mol. The van der Waals surface area contributed by atoms with Gasteiger partial charge in [0.25, 0.3) is 0 Å². The van der Waals surface area contributed by atoms with E-state index in [1.807, 2.05) is 11.3 Å². The van der Waals surface area contributed by atoms with Crippen molar-refractivity contribution >= 4 is 23.1 Å². The summed E-state index contributed by atoms with van der Waals surface area (Å²) in [7, 11) is 0. The van der Waals surface area contributed by atoms with Crippen molar-refractivity contribution in [2.45, 2.75) is 24.5 Å². The number of thiophene rings is 1. The van der Waals surface area contributed by atoms with E-state index in [0.717, 1.165) is 31.6 Å². The number of ether oxygens (including phenoxy) is 1. The molecule has 17 heavy (non-hydrogen) atoms. The van der Waals surface area contributed by atoms with Gasteiger partial charge in [0.2, 0.25) is 0 Å². The molecule has 2 rings (SSSR count). The number of rotatable bonds is 7. The monoisotopic (exact) mass is 271 g/mol. The van der Waals surface area contributed by atoms with Crippen molar-refractivity contribution in [1.82, 2.24) is 5.32 Å². The highest BCUT2D eigenvalue weighted by Gasteiger charge is 2.13. The van der Waals surface area contributed by atoms with Crippen molar-refractivity contribution in [2.75, 3.05) is 32.1 Å². The molecule has 96 valence electrons. The van der Waals surface area contributed by atoms with Crippen LogP contribution >= 0.6 is 23.1 Å². The Balaban J connectivity index is 1.43. The largest absolute Gasteiger partial charge is 0.381 e. The molecule has 0 spiro atoms. The van der Waals surface area contributed by atoms with E-state index >= 15 is 0 Å². The fourth-order valence-electron chi connectivity index (χ4n) is 1.93. The molecule has 2 heterocycles. The molecule has 0 radical (unpaired) electrons. The molecule has 0 saturated carbocycles. The third-order valence-corrected chi connectivity index (χ3v) is 5.25. The second-order valence-corrected chi connectivity index (χ2v) is 6.70. The second-order valence-electron chi connectivity index (χ2n) is 4.26. The Kier molecular flexibility index (Phi) is 6.42. The summed E-state index contributed by atoms with van der Waals surface area (Å²) in [5, 5.41) is 6.50. The standard InChI is InChI=1S/C13H21NOS2/c1-2-12(16-10-1)3-6-14-7-11-17-13-4-8-15-9-5-13/h1-2,10,13-14H,3-9,11H2. The van der Waals surface area contributed by atoms with E-state index in [2.05, 4.69) is 34.6 Å². The number of nitrogens with one attached hydrogen (secondary N) is 1. The second kappa shape index (κ2) is 8.14. The summed E-state index contributed by atoms with van der Waals surface area (Å²) < 4.78 is 5.36. The van der Waals surface area contributed by atoms with Gasteiger partial charge < -0.3 is 10.1 Å². The maximum atomic E-state index is 5.36. The Morgan fingerprint density at radius 3 is 3.00 bits per heavy atom. The van der Waals surface area contributed by atoms with Crippen LogP contribution in [0.2, 0.25) is 0 Å². The average molecular weight is 271 g/mol. The molecule has 0 atom stereocenters. The number of hydrogen-bond donors (Lipinski definition) is 1. The molecule has 1 aliphatic heterocycles. The van der Waals surface area contributed by atoms with E-state index in [9.17, 15) is 0 Å². The SMILES string of the molecule is c1csc(CCNCCSC2CCOCC2)c1. The van der Waals surface area contributed by atoms with Gasteiger partial charge in [-0.25, -0.2) is 0 Å². The summed E-state index contributed by atoms with van der Waals surface area (Å²) in [5.74, 6) is 1.23. The first-order valence-electron chi connectivity index (χ1n) is 6.37. The molecular formula is C13H21NOS2. The van der Waals surface area contributed by atoms with Crippen LogP contribution in [-0.4, -0.2) is 37.3 Å². The van der Waals surface area contributed by atoms with Crippen molar-refractivity contribution in [3.05, 3.63) is 22.4 Å². The lowest BCUT2D eigenvalue weighted by Gasteiger charge is -2.21. The minimum Gasteiger partial charge on any atom is -0.381 e. The van der Waals surface area contributed by atoms with Crippen LogP contribution in [0.25, 0.3) is 0 Å². The summed E-state index contributed by atoms with van der Waals surface area (Å²) in [5.41, 5.74) is 0. The first-order valence-corrected chi connectivity index (χ1v) is 8.30. The molecule has 1 saturated heterocycles. The lowest BCUT2D eigenvalue weighted by Crippen LogP contribution is -2.23. The quantitative estimate of drug-likeness (QED) is 0.771. The molecular weight excluding hydrogens is 250 g/mol. The Hall–Kier alpha value is -0.0300. The molecule has 0 bridgehead atoms. The van der Waals surface area contributed by atoms with E-state index < -0.39 is 0 Å². The average Bonchev–Trinajstić information content (AvgIpc) is 2.88. The van der Waals surface area contributed by atoms with E-state index in [1.165, 1.54) is 29.9 Å². The zero-order chi connectivity index (χ0) is 11.8. The Bertz CT molecular complexity index is 284. The third-order valence-electron chi connectivity index (χ3n) is 2.93. The minimum atomic E-state index is 0.836. The number of thioether (sulfide) groups is 1. The molecule has 4 heteroatoms. The summed E-state index contributed by atoms with van der Waals surface area (Å²) in [6.07, 6.45) is 3.64. The summed E-state index contributed by atoms with van der Waals surface area (Å²) in [4.78, 5) is 1.48. The van der Waals surface area contributed by atoms with Gasteiger partial charge in [-0.15, -0.1) is 11.3 Å². The van der Waals surface area contributed by atoms with Gasteiger partial charge in [0.15, 0.2) is 0 Å². The van der Waals surface area contributed by atoms with Gasteiger partial charge in [-0.05, 0) is 37.3 Å². The minimum absolute atomic E-state index is 0.836. The Labute approximate surface area is 112 Å². The predicted octanol–water partition coefficient (Wildman–Crippen LogP) is 2.79. The van der Waals surface area contributed by atoms with Gasteiger partial charge in [-0.3, -0.25) is 0 Å². The molecule has 0 unspecified atom stereocenters. The molecule has 1 fully saturated rings. The molecule has 1 aromatic rings. The Morgan fingerprint density at radius 1 is 1.35 bits per heavy atom. The van der Waals surface area contributed by atoms with Crippen molar-refractivity contribution < 1.29 is 4.74 Å². The van der Waals surface area contributed by atoms with Crippen LogP contribution in [0, 0.1) is 0 Å². The fraction of sp³-hybridized carbons (Fsp3) is 0.692. The topological polar surface area (TPSA) is 21.3 Å². The molecule has 0 aromatic carbocycles. The van der Waals surface area contributed by atoms with Gasteiger partial charge in [0, 0.05) is 35.6 Å². The summed E-state index contributed by atoms with van der Waals surface area (Å²) in [6.45, 7) is 4.16. The van der Waals surface area contributed by atoms with Gasteiger partial charge in [0.1, 0.15) is 0 Å². The highest BCUT2D eigenvalue weighted by Crippen LogP contribution is 2.21. The van der Waals surface area contributed by atoms with Crippen molar-refractivity contribution in [3.8, 4) is 0 Å². The van der Waals surface area contributed by atoms with Crippen molar-refractivity contribution in [1.29, 1.82) is 0 Å². The third kappa shape index (κ3) is 5.42. The first-order chi connectivity index (χ1) is 8.45. The van der Waals surface area contributed by atoms with Crippen LogP contribution in [-0.2, 0) is 11.2 Å². The number of hydrogen-bond acceptors (Lipinski definition) is 4. The van der Waals surface area contributed by atoms with Crippen LogP contribution in [0.4, 0.5) is 0 Å². The first kappa shape index (κ1) is 13.4. The van der Waals surface area contributed by atoms with Crippen molar-refractivity contribution in [2.24, 2.45) is 0 Å². The molecule has 0 amide bonds. The summed E-state index contributed by atoms with van der Waals surface area (Å²) in [6, 6.07) is 4.34. The fourth-order valence-corrected chi connectivity index (χ4v) is 3.76. The van der Waals surface area contributed by atoms with Gasteiger partial charge in [-0.1, -0.05) is 6.07 Å². The zero-order valence-corrected chi connectivity index (χ0v) is 11.8. The summed E-state index contributed by atoms with van der Waals surface area (Å²) >= 11 is 3.96. The molecule has 0 aliphatic carbocycles. The van der Waals surface area contributed by atoms with E-state index in [1.54, 1.807) is 0 Å². The van der Waals surface area contributed by atoms with Crippen LogP contribution < -0.4 is 5.32 Å². The molecule has 1 N–H and O–H groups in total. The normalized spacial score (nSPS) is 17.4. The van der Waals surface area contributed by atoms with Gasteiger partial charge in [0.05, 0.1) is 0 Å². The molecule has 1 aliphatic rings. The highest BCUT2D eigenvalue weighted by atomic mass is 32.2.